The summed E-state index contributed by atoms with van der Waals surface area (Å²) >= 11 is 1.80. The molecule has 4 rings (SSSR count). The van der Waals surface area contributed by atoms with Crippen LogP contribution in [0.15, 0.2) is 41.8 Å². The fourth-order valence-electron chi connectivity index (χ4n) is 3.14. The zero-order chi connectivity index (χ0) is 14.9. The highest BCUT2D eigenvalue weighted by Gasteiger charge is 2.21. The van der Waals surface area contributed by atoms with Crippen molar-refractivity contribution in [2.24, 2.45) is 0 Å². The number of likely N-dealkylation sites (N-methyl/N-ethyl adjacent to an activating group) is 1. The molecule has 22 heavy (non-hydrogen) atoms. The molecule has 1 aliphatic rings. The summed E-state index contributed by atoms with van der Waals surface area (Å²) in [5.41, 5.74) is 2.26. The van der Waals surface area contributed by atoms with Crippen LogP contribution in [0.1, 0.15) is 11.3 Å². The van der Waals surface area contributed by atoms with E-state index in [1.165, 1.54) is 16.8 Å². The minimum Gasteiger partial charge on any atom is -0.352 e. The lowest BCUT2D eigenvalue weighted by Crippen LogP contribution is -2.25. The third-order valence-electron chi connectivity index (χ3n) is 4.27. The first-order chi connectivity index (χ1) is 10.8. The monoisotopic (exact) mass is 312 g/mol. The summed E-state index contributed by atoms with van der Waals surface area (Å²) in [6, 6.07) is 13.2. The van der Waals surface area contributed by atoms with Gasteiger partial charge in [-0.2, -0.15) is 0 Å². The molecule has 0 aliphatic carbocycles. The second-order valence-corrected chi connectivity index (χ2v) is 7.01. The largest absolute Gasteiger partial charge is 0.352 e. The van der Waals surface area contributed by atoms with E-state index >= 15 is 0 Å². The topological polar surface area (TPSA) is 33.1 Å². The molecule has 1 N–H and O–H groups in total. The normalized spacial score (nSPS) is 19.0. The molecule has 4 nitrogen and oxygen atoms in total. The van der Waals surface area contributed by atoms with Crippen molar-refractivity contribution in [3.05, 3.63) is 46.7 Å². The van der Waals surface area contributed by atoms with Crippen LogP contribution in [0, 0.1) is 0 Å². The summed E-state index contributed by atoms with van der Waals surface area (Å²) < 4.78 is 2.31. The molecule has 1 atom stereocenters. The minimum atomic E-state index is 0.490. The number of nitrogens with one attached hydrogen (secondary N) is 1. The molecule has 0 radical (unpaired) electrons. The Morgan fingerprint density at radius 2 is 2.18 bits per heavy atom. The second-order valence-electron chi connectivity index (χ2n) is 5.98. The predicted molar refractivity (Wildman–Crippen MR) is 92.7 cm³/mol. The van der Waals surface area contributed by atoms with Crippen LogP contribution in [0.2, 0.25) is 0 Å². The number of likely N-dealkylation sites (tertiary alicyclic amines) is 1. The molecule has 3 aromatic rings. The van der Waals surface area contributed by atoms with Crippen molar-refractivity contribution in [3.8, 4) is 0 Å². The molecule has 3 heterocycles. The van der Waals surface area contributed by atoms with Crippen molar-refractivity contribution in [2.75, 3.05) is 25.5 Å². The number of para-hydroxylation sites is 2. The lowest BCUT2D eigenvalue weighted by molar-refractivity contribution is 0.413. The van der Waals surface area contributed by atoms with Gasteiger partial charge in [-0.3, -0.25) is 0 Å². The Kier molecular flexibility index (Phi) is 3.60. The lowest BCUT2D eigenvalue weighted by Gasteiger charge is -2.15. The van der Waals surface area contributed by atoms with E-state index in [2.05, 4.69) is 63.6 Å². The lowest BCUT2D eigenvalue weighted by atomic mass is 10.3. The zero-order valence-corrected chi connectivity index (χ0v) is 13.5. The van der Waals surface area contributed by atoms with Crippen molar-refractivity contribution in [1.82, 2.24) is 14.5 Å². The van der Waals surface area contributed by atoms with Gasteiger partial charge in [0.1, 0.15) is 0 Å². The third-order valence-corrected chi connectivity index (χ3v) is 5.13. The molecule has 0 saturated carbocycles. The average molecular weight is 312 g/mol. The molecule has 5 heteroatoms. The summed E-state index contributed by atoms with van der Waals surface area (Å²) in [4.78, 5) is 8.54. The van der Waals surface area contributed by atoms with Gasteiger partial charge in [0.15, 0.2) is 0 Å². The van der Waals surface area contributed by atoms with Crippen LogP contribution >= 0.6 is 11.3 Å². The van der Waals surface area contributed by atoms with Gasteiger partial charge in [0.2, 0.25) is 5.95 Å². The van der Waals surface area contributed by atoms with E-state index in [0.29, 0.717) is 6.04 Å². The third kappa shape index (κ3) is 2.62. The van der Waals surface area contributed by atoms with Crippen LogP contribution in [0.5, 0.6) is 0 Å². The highest BCUT2D eigenvalue weighted by atomic mass is 32.1. The number of thiophene rings is 1. The van der Waals surface area contributed by atoms with E-state index in [4.69, 9.17) is 4.98 Å². The highest BCUT2D eigenvalue weighted by Crippen LogP contribution is 2.24. The van der Waals surface area contributed by atoms with E-state index in [9.17, 15) is 0 Å². The molecule has 114 valence electrons. The summed E-state index contributed by atoms with van der Waals surface area (Å²) in [5, 5.41) is 5.79. The Balaban J connectivity index is 1.69. The first-order valence-electron chi connectivity index (χ1n) is 7.72. The fraction of sp³-hybridized carbons (Fsp3) is 0.353. The summed E-state index contributed by atoms with van der Waals surface area (Å²) in [5.74, 6) is 0.995. The van der Waals surface area contributed by atoms with Crippen LogP contribution in [0.3, 0.4) is 0 Å². The van der Waals surface area contributed by atoms with Gasteiger partial charge in [-0.1, -0.05) is 18.2 Å². The average Bonchev–Trinajstić information content (AvgIpc) is 3.23. The van der Waals surface area contributed by atoms with E-state index in [1.807, 2.05) is 0 Å². The quantitative estimate of drug-likeness (QED) is 0.803. The molecule has 2 aromatic heterocycles. The Labute approximate surface area is 134 Å². The van der Waals surface area contributed by atoms with Gasteiger partial charge < -0.3 is 14.8 Å². The van der Waals surface area contributed by atoms with E-state index in [-0.39, 0.29) is 0 Å². The van der Waals surface area contributed by atoms with Crippen molar-refractivity contribution in [1.29, 1.82) is 0 Å². The number of nitrogens with zero attached hydrogens (tertiary/aromatic N) is 3. The smallest absolute Gasteiger partial charge is 0.204 e. The molecule has 1 aliphatic heterocycles. The molecule has 0 spiro atoms. The van der Waals surface area contributed by atoms with Gasteiger partial charge in [0, 0.05) is 17.5 Å². The molecule has 1 unspecified atom stereocenters. The van der Waals surface area contributed by atoms with Crippen LogP contribution < -0.4 is 5.32 Å². The number of imidazole rings is 1. The molecule has 0 amide bonds. The summed E-state index contributed by atoms with van der Waals surface area (Å²) in [6.07, 6.45) is 1.18. The number of aromatic nitrogens is 2. The molecule has 1 saturated heterocycles. The Morgan fingerprint density at radius 1 is 1.27 bits per heavy atom. The van der Waals surface area contributed by atoms with Gasteiger partial charge in [-0.05, 0) is 43.6 Å². The van der Waals surface area contributed by atoms with Crippen molar-refractivity contribution < 1.29 is 0 Å². The van der Waals surface area contributed by atoms with E-state index in [1.54, 1.807) is 11.3 Å². The fourth-order valence-corrected chi connectivity index (χ4v) is 3.83. The SMILES string of the molecule is CN1CCC(Nc2nc3ccccc3n2Cc2cccs2)C1. The van der Waals surface area contributed by atoms with Crippen LogP contribution in [0.4, 0.5) is 5.95 Å². The van der Waals surface area contributed by atoms with Crippen LogP contribution in [0.25, 0.3) is 11.0 Å². The first-order valence-corrected chi connectivity index (χ1v) is 8.60. The van der Waals surface area contributed by atoms with Gasteiger partial charge in [-0.25, -0.2) is 4.98 Å². The molecule has 1 fully saturated rings. The maximum Gasteiger partial charge on any atom is 0.204 e. The van der Waals surface area contributed by atoms with Gasteiger partial charge in [-0.15, -0.1) is 11.3 Å². The Bertz CT molecular complexity index is 762. The van der Waals surface area contributed by atoms with Crippen molar-refractivity contribution in [3.63, 3.8) is 0 Å². The minimum absolute atomic E-state index is 0.490. The summed E-state index contributed by atoms with van der Waals surface area (Å²) in [7, 11) is 2.18. The number of fused-ring (bicyclic) bond motifs is 1. The van der Waals surface area contributed by atoms with Gasteiger partial charge in [0.25, 0.3) is 0 Å². The van der Waals surface area contributed by atoms with Gasteiger partial charge >= 0.3 is 0 Å². The highest BCUT2D eigenvalue weighted by molar-refractivity contribution is 7.09. The second kappa shape index (κ2) is 5.74. The maximum atomic E-state index is 4.82. The first kappa shape index (κ1) is 13.8. The predicted octanol–water partition coefficient (Wildman–Crippen LogP) is 3.26. The molecule has 1 aromatic carbocycles. The number of benzene rings is 1. The van der Waals surface area contributed by atoms with Gasteiger partial charge in [0.05, 0.1) is 17.6 Å². The Hall–Kier alpha value is -1.85. The van der Waals surface area contributed by atoms with Crippen molar-refractivity contribution in [2.45, 2.75) is 19.0 Å². The number of hydrogen-bond acceptors (Lipinski definition) is 4. The Morgan fingerprint density at radius 3 is 2.95 bits per heavy atom. The van der Waals surface area contributed by atoms with Crippen LogP contribution in [-0.2, 0) is 6.54 Å². The van der Waals surface area contributed by atoms with E-state index < -0.39 is 0 Å². The number of hydrogen-bond donors (Lipinski definition) is 1. The number of anilines is 1. The zero-order valence-electron chi connectivity index (χ0n) is 12.7. The number of rotatable bonds is 4. The molecular formula is C17H20N4S. The van der Waals surface area contributed by atoms with E-state index in [0.717, 1.165) is 31.1 Å². The maximum absolute atomic E-state index is 4.82. The molecule has 0 bridgehead atoms. The summed E-state index contributed by atoms with van der Waals surface area (Å²) in [6.45, 7) is 3.12. The molecular weight excluding hydrogens is 292 g/mol. The van der Waals surface area contributed by atoms with Crippen LogP contribution in [-0.4, -0.2) is 40.6 Å². The van der Waals surface area contributed by atoms with Crippen molar-refractivity contribution >= 4 is 28.3 Å². The standard InChI is InChI=1S/C17H20N4S/c1-20-9-8-13(11-20)18-17-19-15-6-2-3-7-16(15)21(17)12-14-5-4-10-22-14/h2-7,10,13H,8-9,11-12H2,1H3,(H,18,19).